The minimum atomic E-state index is -3.42. The summed E-state index contributed by atoms with van der Waals surface area (Å²) in [5.41, 5.74) is 2.45. The van der Waals surface area contributed by atoms with Gasteiger partial charge < -0.3 is 10.1 Å². The third-order valence-electron chi connectivity index (χ3n) is 4.25. The van der Waals surface area contributed by atoms with Gasteiger partial charge in [0.05, 0.1) is 18.6 Å². The van der Waals surface area contributed by atoms with Crippen LogP contribution in [0.1, 0.15) is 32.3 Å². The van der Waals surface area contributed by atoms with Gasteiger partial charge in [-0.05, 0) is 61.7 Å². The van der Waals surface area contributed by atoms with E-state index in [-0.39, 0.29) is 18.9 Å². The van der Waals surface area contributed by atoms with Crippen LogP contribution in [0.5, 0.6) is 5.75 Å². The molecule has 0 atom stereocenters. The second-order valence-corrected chi connectivity index (χ2v) is 8.37. The van der Waals surface area contributed by atoms with Crippen molar-refractivity contribution in [1.82, 2.24) is 0 Å². The Morgan fingerprint density at radius 2 is 1.68 bits per heavy atom. The van der Waals surface area contributed by atoms with Crippen LogP contribution in [0.25, 0.3) is 0 Å². The first-order valence-electron chi connectivity index (χ1n) is 9.42. The molecule has 0 aliphatic carbocycles. The number of sulfonamides is 1. The lowest BCUT2D eigenvalue weighted by Gasteiger charge is -2.22. The van der Waals surface area contributed by atoms with Crippen molar-refractivity contribution in [3.63, 3.8) is 0 Å². The van der Waals surface area contributed by atoms with Gasteiger partial charge in [-0.2, -0.15) is 0 Å². The highest BCUT2D eigenvalue weighted by Gasteiger charge is 2.17. The van der Waals surface area contributed by atoms with Gasteiger partial charge in [0.2, 0.25) is 15.9 Å². The Bertz CT molecular complexity index is 862. The molecule has 0 fully saturated rings. The Morgan fingerprint density at radius 1 is 1.04 bits per heavy atom. The van der Waals surface area contributed by atoms with E-state index in [1.54, 1.807) is 36.4 Å². The molecule has 2 aromatic carbocycles. The smallest absolute Gasteiger partial charge is 0.232 e. The fraction of sp³-hybridized carbons (Fsp3) is 0.381. The SMILES string of the molecule is CCOc1ccc(NC(=O)CCCN(c2ccc(CC)cc2)S(C)(=O)=O)cc1. The molecule has 0 unspecified atom stereocenters. The zero-order valence-electron chi connectivity index (χ0n) is 16.6. The summed E-state index contributed by atoms with van der Waals surface area (Å²) in [6.45, 7) is 4.80. The first-order chi connectivity index (χ1) is 13.3. The molecule has 0 spiro atoms. The van der Waals surface area contributed by atoms with Crippen LogP contribution in [0.3, 0.4) is 0 Å². The van der Waals surface area contributed by atoms with Crippen molar-refractivity contribution in [2.75, 3.05) is 29.0 Å². The predicted molar refractivity (Wildman–Crippen MR) is 113 cm³/mol. The average molecular weight is 405 g/mol. The summed E-state index contributed by atoms with van der Waals surface area (Å²) in [6, 6.07) is 14.6. The summed E-state index contributed by atoms with van der Waals surface area (Å²) < 4.78 is 31.0. The second-order valence-electron chi connectivity index (χ2n) is 6.46. The molecule has 0 heterocycles. The van der Waals surface area contributed by atoms with Crippen molar-refractivity contribution in [3.8, 4) is 5.75 Å². The Morgan fingerprint density at radius 3 is 2.21 bits per heavy atom. The van der Waals surface area contributed by atoms with Crippen molar-refractivity contribution >= 4 is 27.3 Å². The lowest BCUT2D eigenvalue weighted by molar-refractivity contribution is -0.116. The lowest BCUT2D eigenvalue weighted by atomic mass is 10.1. The number of hydrogen-bond donors (Lipinski definition) is 1. The molecule has 28 heavy (non-hydrogen) atoms. The number of rotatable bonds is 10. The highest BCUT2D eigenvalue weighted by atomic mass is 32.2. The van der Waals surface area contributed by atoms with E-state index in [9.17, 15) is 13.2 Å². The van der Waals surface area contributed by atoms with E-state index >= 15 is 0 Å². The number of hydrogen-bond acceptors (Lipinski definition) is 4. The van der Waals surface area contributed by atoms with Crippen LogP contribution in [0.4, 0.5) is 11.4 Å². The molecule has 2 rings (SSSR count). The van der Waals surface area contributed by atoms with Gasteiger partial charge in [-0.25, -0.2) is 8.42 Å². The van der Waals surface area contributed by atoms with E-state index in [0.29, 0.717) is 24.4 Å². The van der Waals surface area contributed by atoms with E-state index in [2.05, 4.69) is 5.32 Å². The quantitative estimate of drug-likeness (QED) is 0.653. The fourth-order valence-corrected chi connectivity index (χ4v) is 3.76. The van der Waals surface area contributed by atoms with E-state index in [4.69, 9.17) is 4.74 Å². The minimum Gasteiger partial charge on any atom is -0.494 e. The van der Waals surface area contributed by atoms with Crippen LogP contribution in [0.15, 0.2) is 48.5 Å². The Hall–Kier alpha value is -2.54. The van der Waals surface area contributed by atoms with E-state index < -0.39 is 10.0 Å². The van der Waals surface area contributed by atoms with Crippen molar-refractivity contribution < 1.29 is 17.9 Å². The molecular weight excluding hydrogens is 376 g/mol. The third kappa shape index (κ3) is 6.56. The summed E-state index contributed by atoms with van der Waals surface area (Å²) >= 11 is 0. The van der Waals surface area contributed by atoms with Crippen molar-refractivity contribution in [2.24, 2.45) is 0 Å². The van der Waals surface area contributed by atoms with Crippen LogP contribution >= 0.6 is 0 Å². The predicted octanol–water partition coefficient (Wildman–Crippen LogP) is 3.83. The molecule has 0 radical (unpaired) electrons. The van der Waals surface area contributed by atoms with Crippen molar-refractivity contribution in [1.29, 1.82) is 0 Å². The molecule has 0 bridgehead atoms. The maximum Gasteiger partial charge on any atom is 0.232 e. The Kier molecular flexibility index (Phi) is 7.87. The molecule has 0 aliphatic rings. The maximum absolute atomic E-state index is 12.2. The van der Waals surface area contributed by atoms with Gasteiger partial charge in [0.25, 0.3) is 0 Å². The summed E-state index contributed by atoms with van der Waals surface area (Å²) in [4.78, 5) is 12.2. The van der Waals surface area contributed by atoms with Crippen LogP contribution in [0.2, 0.25) is 0 Å². The zero-order valence-corrected chi connectivity index (χ0v) is 17.5. The van der Waals surface area contributed by atoms with Gasteiger partial charge >= 0.3 is 0 Å². The fourth-order valence-electron chi connectivity index (χ4n) is 2.79. The molecule has 0 aliphatic heterocycles. The highest BCUT2D eigenvalue weighted by Crippen LogP contribution is 2.20. The molecule has 152 valence electrons. The topological polar surface area (TPSA) is 75.7 Å². The zero-order chi connectivity index (χ0) is 20.6. The number of anilines is 2. The monoisotopic (exact) mass is 404 g/mol. The normalized spacial score (nSPS) is 11.1. The Labute approximate surface area is 167 Å². The van der Waals surface area contributed by atoms with Crippen LogP contribution in [-0.2, 0) is 21.2 Å². The van der Waals surface area contributed by atoms with Gasteiger partial charge in [0.1, 0.15) is 5.75 Å². The van der Waals surface area contributed by atoms with Gasteiger partial charge in [-0.15, -0.1) is 0 Å². The second kappa shape index (κ2) is 10.1. The number of aryl methyl sites for hydroxylation is 1. The van der Waals surface area contributed by atoms with Crippen LogP contribution in [0, 0.1) is 0 Å². The van der Waals surface area contributed by atoms with Crippen molar-refractivity contribution in [3.05, 3.63) is 54.1 Å². The standard InChI is InChI=1S/C21H28N2O4S/c1-4-17-8-12-19(13-9-17)23(28(3,25)26)16-6-7-21(24)22-18-10-14-20(15-11-18)27-5-2/h8-15H,4-7,16H2,1-3H3,(H,22,24). The minimum absolute atomic E-state index is 0.154. The van der Waals surface area contributed by atoms with Crippen LogP contribution < -0.4 is 14.4 Å². The molecule has 2 aromatic rings. The lowest BCUT2D eigenvalue weighted by Crippen LogP contribution is -2.31. The molecular formula is C21H28N2O4S. The van der Waals surface area contributed by atoms with Gasteiger partial charge in [0, 0.05) is 18.7 Å². The molecule has 0 aromatic heterocycles. The largest absolute Gasteiger partial charge is 0.494 e. The van der Waals surface area contributed by atoms with Gasteiger partial charge in [-0.1, -0.05) is 19.1 Å². The molecule has 0 saturated carbocycles. The maximum atomic E-state index is 12.2. The summed E-state index contributed by atoms with van der Waals surface area (Å²) in [5.74, 6) is 0.595. The molecule has 6 nitrogen and oxygen atoms in total. The number of carbonyl (C=O) groups excluding carboxylic acids is 1. The summed E-state index contributed by atoms with van der Waals surface area (Å²) in [7, 11) is -3.42. The first-order valence-corrected chi connectivity index (χ1v) is 11.3. The van der Waals surface area contributed by atoms with E-state index in [1.165, 1.54) is 10.6 Å². The first kappa shape index (κ1) is 21.8. The third-order valence-corrected chi connectivity index (χ3v) is 5.44. The summed E-state index contributed by atoms with van der Waals surface area (Å²) in [6.07, 6.45) is 2.73. The number of carbonyl (C=O) groups is 1. The number of ether oxygens (including phenoxy) is 1. The van der Waals surface area contributed by atoms with E-state index in [0.717, 1.165) is 17.7 Å². The van der Waals surface area contributed by atoms with Crippen molar-refractivity contribution in [2.45, 2.75) is 33.1 Å². The average Bonchev–Trinajstić information content (AvgIpc) is 2.66. The molecule has 1 amide bonds. The van der Waals surface area contributed by atoms with Gasteiger partial charge in [-0.3, -0.25) is 9.10 Å². The number of benzene rings is 2. The molecule has 1 N–H and O–H groups in total. The number of nitrogens with zero attached hydrogens (tertiary/aromatic N) is 1. The molecule has 0 saturated heterocycles. The van der Waals surface area contributed by atoms with E-state index in [1.807, 2.05) is 26.0 Å². The van der Waals surface area contributed by atoms with Crippen LogP contribution in [-0.4, -0.2) is 33.7 Å². The van der Waals surface area contributed by atoms with Gasteiger partial charge in [0.15, 0.2) is 0 Å². The number of nitrogens with one attached hydrogen (secondary N) is 1. The highest BCUT2D eigenvalue weighted by molar-refractivity contribution is 7.92. The number of amides is 1. The summed E-state index contributed by atoms with van der Waals surface area (Å²) in [5, 5.41) is 2.82. The molecule has 7 heteroatoms. The Balaban J connectivity index is 1.91.